The number of rotatable bonds is 7. The molecule has 0 saturated carbocycles. The van der Waals surface area contributed by atoms with Crippen LogP contribution in [0.25, 0.3) is 0 Å². The van der Waals surface area contributed by atoms with Crippen LogP contribution in [-0.4, -0.2) is 30.8 Å². The average molecular weight is 281 g/mol. The van der Waals surface area contributed by atoms with Crippen LogP contribution in [0.5, 0.6) is 0 Å². The average Bonchev–Trinajstić information content (AvgIpc) is 2.74. The molecule has 0 aliphatic rings. The molecule has 0 atom stereocenters. The molecular weight excluding hydrogens is 263 g/mol. The first kappa shape index (κ1) is 15.2. The summed E-state index contributed by atoms with van der Waals surface area (Å²) in [6, 6.07) is 0. The smallest absolute Gasteiger partial charge is 0.339 e. The van der Waals surface area contributed by atoms with Gasteiger partial charge in [0.15, 0.2) is 5.13 Å². The summed E-state index contributed by atoms with van der Waals surface area (Å²) in [5, 5.41) is 3.63. The van der Waals surface area contributed by atoms with Crippen molar-refractivity contribution in [2.45, 2.75) is 33.0 Å². The SMILES string of the molecule is CCCNCc1cnc(N(CC)CC(F)(F)F)s1. The van der Waals surface area contributed by atoms with Crippen molar-refractivity contribution in [1.82, 2.24) is 10.3 Å². The molecule has 0 radical (unpaired) electrons. The third-order valence-corrected chi connectivity index (χ3v) is 3.35. The van der Waals surface area contributed by atoms with Gasteiger partial charge in [0.25, 0.3) is 0 Å². The van der Waals surface area contributed by atoms with Crippen molar-refractivity contribution in [3.63, 3.8) is 0 Å². The molecule has 1 rings (SSSR count). The van der Waals surface area contributed by atoms with Crippen molar-refractivity contribution in [1.29, 1.82) is 0 Å². The molecule has 104 valence electrons. The van der Waals surface area contributed by atoms with E-state index in [4.69, 9.17) is 0 Å². The van der Waals surface area contributed by atoms with Crippen LogP contribution < -0.4 is 10.2 Å². The lowest BCUT2D eigenvalue weighted by molar-refractivity contribution is -0.119. The van der Waals surface area contributed by atoms with E-state index in [9.17, 15) is 13.2 Å². The molecule has 0 bridgehead atoms. The van der Waals surface area contributed by atoms with Crippen LogP contribution in [0.15, 0.2) is 6.20 Å². The maximum absolute atomic E-state index is 12.4. The molecule has 1 aromatic heterocycles. The van der Waals surface area contributed by atoms with Gasteiger partial charge in [-0.2, -0.15) is 13.2 Å². The summed E-state index contributed by atoms with van der Waals surface area (Å²) in [6.07, 6.45) is -1.52. The predicted octanol–water partition coefficient (Wildman–Crippen LogP) is 3.03. The van der Waals surface area contributed by atoms with Gasteiger partial charge in [-0.05, 0) is 19.9 Å². The van der Waals surface area contributed by atoms with E-state index in [1.165, 1.54) is 16.2 Å². The van der Waals surface area contributed by atoms with E-state index in [-0.39, 0.29) is 0 Å². The van der Waals surface area contributed by atoms with E-state index in [0.29, 0.717) is 18.2 Å². The number of anilines is 1. The van der Waals surface area contributed by atoms with Gasteiger partial charge in [0, 0.05) is 24.2 Å². The summed E-state index contributed by atoms with van der Waals surface area (Å²) in [7, 11) is 0. The summed E-state index contributed by atoms with van der Waals surface area (Å²) in [6.45, 7) is 4.67. The van der Waals surface area contributed by atoms with Gasteiger partial charge in [0.2, 0.25) is 0 Å². The lowest BCUT2D eigenvalue weighted by Crippen LogP contribution is -2.33. The van der Waals surface area contributed by atoms with Crippen LogP contribution in [-0.2, 0) is 6.54 Å². The van der Waals surface area contributed by atoms with E-state index in [1.54, 1.807) is 13.1 Å². The molecule has 0 unspecified atom stereocenters. The highest BCUT2D eigenvalue weighted by Gasteiger charge is 2.31. The Kier molecular flexibility index (Phi) is 5.87. The van der Waals surface area contributed by atoms with Crippen LogP contribution in [0.1, 0.15) is 25.1 Å². The Balaban J connectivity index is 2.59. The second-order valence-corrected chi connectivity index (χ2v) is 5.01. The number of hydrogen-bond donors (Lipinski definition) is 1. The molecule has 0 saturated heterocycles. The van der Waals surface area contributed by atoms with Gasteiger partial charge < -0.3 is 10.2 Å². The molecule has 7 heteroatoms. The van der Waals surface area contributed by atoms with Gasteiger partial charge in [-0.3, -0.25) is 0 Å². The fourth-order valence-electron chi connectivity index (χ4n) is 1.44. The molecule has 0 aliphatic heterocycles. The Labute approximate surface area is 109 Å². The predicted molar refractivity (Wildman–Crippen MR) is 68.1 cm³/mol. The van der Waals surface area contributed by atoms with Crippen molar-refractivity contribution in [3.05, 3.63) is 11.1 Å². The van der Waals surface area contributed by atoms with E-state index >= 15 is 0 Å². The Hall–Kier alpha value is -0.820. The van der Waals surface area contributed by atoms with Crippen LogP contribution >= 0.6 is 11.3 Å². The fourth-order valence-corrected chi connectivity index (χ4v) is 2.39. The lowest BCUT2D eigenvalue weighted by atomic mass is 10.4. The third kappa shape index (κ3) is 5.22. The van der Waals surface area contributed by atoms with Gasteiger partial charge in [0.1, 0.15) is 6.54 Å². The van der Waals surface area contributed by atoms with Crippen molar-refractivity contribution >= 4 is 16.5 Å². The number of alkyl halides is 3. The first-order chi connectivity index (χ1) is 8.46. The zero-order chi connectivity index (χ0) is 13.6. The highest BCUT2D eigenvalue weighted by molar-refractivity contribution is 7.15. The number of hydrogen-bond acceptors (Lipinski definition) is 4. The minimum absolute atomic E-state index is 0.300. The molecule has 0 aromatic carbocycles. The molecule has 1 aromatic rings. The Morgan fingerprint density at radius 3 is 2.67 bits per heavy atom. The fraction of sp³-hybridized carbons (Fsp3) is 0.727. The van der Waals surface area contributed by atoms with Crippen molar-refractivity contribution in [2.24, 2.45) is 0 Å². The molecule has 1 heterocycles. The monoisotopic (exact) mass is 281 g/mol. The minimum atomic E-state index is -4.19. The molecule has 0 amide bonds. The Morgan fingerprint density at radius 1 is 1.39 bits per heavy atom. The number of aromatic nitrogens is 1. The summed E-state index contributed by atoms with van der Waals surface area (Å²) >= 11 is 1.31. The lowest BCUT2D eigenvalue weighted by Gasteiger charge is -2.21. The van der Waals surface area contributed by atoms with Crippen molar-refractivity contribution in [3.8, 4) is 0 Å². The van der Waals surface area contributed by atoms with E-state index in [0.717, 1.165) is 17.8 Å². The zero-order valence-electron chi connectivity index (χ0n) is 10.5. The standard InChI is InChI=1S/C11H18F3N3S/c1-3-5-15-6-9-7-16-10(18-9)17(4-2)8-11(12,13)14/h7,15H,3-6,8H2,1-2H3. The van der Waals surface area contributed by atoms with E-state index in [2.05, 4.69) is 17.2 Å². The van der Waals surface area contributed by atoms with Gasteiger partial charge in [0.05, 0.1) is 0 Å². The maximum atomic E-state index is 12.4. The van der Waals surface area contributed by atoms with Crippen LogP contribution in [0.3, 0.4) is 0 Å². The van der Waals surface area contributed by atoms with Crippen molar-refractivity contribution in [2.75, 3.05) is 24.5 Å². The van der Waals surface area contributed by atoms with E-state index < -0.39 is 12.7 Å². The van der Waals surface area contributed by atoms with Gasteiger partial charge in [-0.25, -0.2) is 4.98 Å². The second-order valence-electron chi connectivity index (χ2n) is 3.92. The quantitative estimate of drug-likeness (QED) is 0.779. The first-order valence-corrected chi connectivity index (χ1v) is 6.75. The van der Waals surface area contributed by atoms with Gasteiger partial charge >= 0.3 is 6.18 Å². The van der Waals surface area contributed by atoms with Gasteiger partial charge in [-0.15, -0.1) is 11.3 Å². The number of halogens is 3. The van der Waals surface area contributed by atoms with Gasteiger partial charge in [-0.1, -0.05) is 6.92 Å². The molecule has 18 heavy (non-hydrogen) atoms. The van der Waals surface area contributed by atoms with E-state index in [1.807, 2.05) is 0 Å². The topological polar surface area (TPSA) is 28.2 Å². The second kappa shape index (κ2) is 6.94. The summed E-state index contributed by atoms with van der Waals surface area (Å²) in [5.41, 5.74) is 0. The Bertz CT molecular complexity index is 352. The summed E-state index contributed by atoms with van der Waals surface area (Å²) in [5.74, 6) is 0. The summed E-state index contributed by atoms with van der Waals surface area (Å²) < 4.78 is 37.1. The number of nitrogens with zero attached hydrogens (tertiary/aromatic N) is 2. The highest BCUT2D eigenvalue weighted by atomic mass is 32.1. The highest BCUT2D eigenvalue weighted by Crippen LogP contribution is 2.26. The van der Waals surface area contributed by atoms with Crippen molar-refractivity contribution < 1.29 is 13.2 Å². The number of nitrogens with one attached hydrogen (secondary N) is 1. The molecule has 0 fully saturated rings. The van der Waals surface area contributed by atoms with Crippen LogP contribution in [0.2, 0.25) is 0 Å². The molecule has 1 N–H and O–H groups in total. The molecule has 0 aliphatic carbocycles. The Morgan fingerprint density at radius 2 is 2.11 bits per heavy atom. The van der Waals surface area contributed by atoms with Crippen LogP contribution in [0.4, 0.5) is 18.3 Å². The third-order valence-electron chi connectivity index (χ3n) is 2.29. The number of thiazole rings is 1. The first-order valence-electron chi connectivity index (χ1n) is 5.93. The largest absolute Gasteiger partial charge is 0.406 e. The molecular formula is C11H18F3N3S. The van der Waals surface area contributed by atoms with Crippen LogP contribution in [0, 0.1) is 0 Å². The maximum Gasteiger partial charge on any atom is 0.406 e. The zero-order valence-corrected chi connectivity index (χ0v) is 11.4. The minimum Gasteiger partial charge on any atom is -0.339 e. The summed E-state index contributed by atoms with van der Waals surface area (Å²) in [4.78, 5) is 6.26. The normalized spacial score (nSPS) is 11.8. The molecule has 0 spiro atoms. The molecule has 3 nitrogen and oxygen atoms in total.